The lowest BCUT2D eigenvalue weighted by molar-refractivity contribution is 0.679. The van der Waals surface area contributed by atoms with E-state index in [0.29, 0.717) is 5.95 Å². The summed E-state index contributed by atoms with van der Waals surface area (Å²) in [6, 6.07) is 10.4. The number of hydrogen-bond acceptors (Lipinski definition) is 5. The zero-order valence-corrected chi connectivity index (χ0v) is 16.5. The van der Waals surface area contributed by atoms with Crippen molar-refractivity contribution in [1.82, 2.24) is 9.97 Å². The van der Waals surface area contributed by atoms with Gasteiger partial charge in [0.05, 0.1) is 0 Å². The maximum Gasteiger partial charge on any atom is 0.224 e. The molecule has 5 heteroatoms. The lowest BCUT2D eigenvalue weighted by Gasteiger charge is -2.21. The molecule has 144 valence electrons. The minimum Gasteiger partial charge on any atom is -0.372 e. The van der Waals surface area contributed by atoms with Crippen molar-refractivity contribution in [3.63, 3.8) is 0 Å². The van der Waals surface area contributed by atoms with Gasteiger partial charge in [-0.15, -0.1) is 0 Å². The molecule has 0 saturated carbocycles. The molecular weight excluding hydrogens is 334 g/mol. The molecule has 0 bridgehead atoms. The van der Waals surface area contributed by atoms with Crippen LogP contribution in [-0.2, 0) is 0 Å². The standard InChI is InChI=1S/C22H31N5/c1-3-27(4-2)20-12-10-19(11-13-20)25-21-15-17-24-22(26-21)23-16-14-18-8-6-5-7-9-18/h8,10-13,15,17H,3-7,9,14,16H2,1-2H3,(H2,23,24,25,26). The first-order chi connectivity index (χ1) is 13.3. The predicted molar refractivity (Wildman–Crippen MR) is 115 cm³/mol. The van der Waals surface area contributed by atoms with E-state index in [-0.39, 0.29) is 0 Å². The average molecular weight is 366 g/mol. The second kappa shape index (κ2) is 9.95. The third-order valence-electron chi connectivity index (χ3n) is 5.04. The van der Waals surface area contributed by atoms with Gasteiger partial charge in [0.25, 0.3) is 0 Å². The van der Waals surface area contributed by atoms with Crippen molar-refractivity contribution in [2.45, 2.75) is 46.0 Å². The minimum absolute atomic E-state index is 0.677. The van der Waals surface area contributed by atoms with Gasteiger partial charge in [-0.2, -0.15) is 4.98 Å². The summed E-state index contributed by atoms with van der Waals surface area (Å²) in [5, 5.41) is 6.71. The SMILES string of the molecule is CCN(CC)c1ccc(Nc2ccnc(NCCC3=CCCCC3)n2)cc1. The largest absolute Gasteiger partial charge is 0.372 e. The van der Waals surface area contributed by atoms with E-state index in [4.69, 9.17) is 0 Å². The summed E-state index contributed by atoms with van der Waals surface area (Å²) in [6.07, 6.45) is 10.4. The average Bonchev–Trinajstić information content (AvgIpc) is 2.71. The molecule has 0 aliphatic heterocycles. The molecule has 0 fully saturated rings. The highest BCUT2D eigenvalue weighted by atomic mass is 15.1. The predicted octanol–water partition coefficient (Wildman–Crippen LogP) is 5.37. The molecule has 5 nitrogen and oxygen atoms in total. The number of allylic oxidation sites excluding steroid dienone is 1. The van der Waals surface area contributed by atoms with Crippen molar-refractivity contribution in [1.29, 1.82) is 0 Å². The molecule has 2 aromatic rings. The number of benzene rings is 1. The third-order valence-corrected chi connectivity index (χ3v) is 5.04. The van der Waals surface area contributed by atoms with E-state index in [1.54, 1.807) is 11.8 Å². The van der Waals surface area contributed by atoms with Crippen LogP contribution < -0.4 is 15.5 Å². The maximum atomic E-state index is 4.58. The molecule has 3 rings (SSSR count). The van der Waals surface area contributed by atoms with Crippen LogP contribution in [0.3, 0.4) is 0 Å². The number of hydrogen-bond donors (Lipinski definition) is 2. The Kier molecular flexibility index (Phi) is 7.08. The minimum atomic E-state index is 0.677. The second-order valence-corrected chi connectivity index (χ2v) is 6.89. The summed E-state index contributed by atoms with van der Waals surface area (Å²) in [5.41, 5.74) is 3.84. The number of rotatable bonds is 9. The third kappa shape index (κ3) is 5.71. The molecule has 0 unspecified atom stereocenters. The van der Waals surface area contributed by atoms with Crippen LogP contribution in [0.4, 0.5) is 23.1 Å². The maximum absolute atomic E-state index is 4.58. The summed E-state index contributed by atoms with van der Waals surface area (Å²) in [5.74, 6) is 1.48. The molecular formula is C22H31N5. The van der Waals surface area contributed by atoms with Crippen molar-refractivity contribution in [3.8, 4) is 0 Å². The molecule has 1 aromatic heterocycles. The van der Waals surface area contributed by atoms with Gasteiger partial charge in [0.1, 0.15) is 5.82 Å². The summed E-state index contributed by atoms with van der Waals surface area (Å²) in [4.78, 5) is 11.2. The molecule has 1 aromatic carbocycles. The molecule has 27 heavy (non-hydrogen) atoms. The Hall–Kier alpha value is -2.56. The van der Waals surface area contributed by atoms with E-state index in [0.717, 1.165) is 37.6 Å². The first-order valence-electron chi connectivity index (χ1n) is 10.2. The molecule has 0 atom stereocenters. The lowest BCUT2D eigenvalue weighted by atomic mass is 9.97. The Morgan fingerprint density at radius 1 is 1.04 bits per heavy atom. The summed E-state index contributed by atoms with van der Waals surface area (Å²) < 4.78 is 0. The van der Waals surface area contributed by atoms with Crippen LogP contribution in [0.15, 0.2) is 48.2 Å². The first-order valence-corrected chi connectivity index (χ1v) is 10.2. The highest BCUT2D eigenvalue weighted by Gasteiger charge is 2.05. The van der Waals surface area contributed by atoms with Gasteiger partial charge in [-0.1, -0.05) is 11.6 Å². The van der Waals surface area contributed by atoms with Crippen molar-refractivity contribution in [3.05, 3.63) is 48.2 Å². The van der Waals surface area contributed by atoms with Gasteiger partial charge in [0.15, 0.2) is 0 Å². The topological polar surface area (TPSA) is 53.1 Å². The number of aromatic nitrogens is 2. The van der Waals surface area contributed by atoms with Gasteiger partial charge >= 0.3 is 0 Å². The fourth-order valence-corrected chi connectivity index (χ4v) is 3.47. The molecule has 0 spiro atoms. The van der Waals surface area contributed by atoms with Gasteiger partial charge in [0, 0.05) is 37.2 Å². The smallest absolute Gasteiger partial charge is 0.224 e. The summed E-state index contributed by atoms with van der Waals surface area (Å²) in [7, 11) is 0. The highest BCUT2D eigenvalue weighted by molar-refractivity contribution is 5.61. The van der Waals surface area contributed by atoms with Crippen LogP contribution in [0.2, 0.25) is 0 Å². The van der Waals surface area contributed by atoms with Crippen molar-refractivity contribution >= 4 is 23.1 Å². The molecule has 0 saturated heterocycles. The van der Waals surface area contributed by atoms with Crippen LogP contribution in [0.5, 0.6) is 0 Å². The van der Waals surface area contributed by atoms with E-state index in [2.05, 4.69) is 69.7 Å². The van der Waals surface area contributed by atoms with Crippen molar-refractivity contribution in [2.75, 3.05) is 35.2 Å². The van der Waals surface area contributed by atoms with Gasteiger partial charge in [-0.3, -0.25) is 0 Å². The Morgan fingerprint density at radius 2 is 1.85 bits per heavy atom. The van der Waals surface area contributed by atoms with Gasteiger partial charge in [0.2, 0.25) is 5.95 Å². The van der Waals surface area contributed by atoms with E-state index >= 15 is 0 Å². The summed E-state index contributed by atoms with van der Waals surface area (Å²) >= 11 is 0. The monoisotopic (exact) mass is 365 g/mol. The normalized spacial score (nSPS) is 13.8. The Balaban J connectivity index is 1.54. The zero-order chi connectivity index (χ0) is 18.9. The molecule has 1 aliphatic carbocycles. The fourth-order valence-electron chi connectivity index (χ4n) is 3.47. The Bertz CT molecular complexity index is 735. The van der Waals surface area contributed by atoms with Crippen LogP contribution >= 0.6 is 0 Å². The molecule has 2 N–H and O–H groups in total. The van der Waals surface area contributed by atoms with Gasteiger partial charge < -0.3 is 15.5 Å². The number of nitrogens with zero attached hydrogens (tertiary/aromatic N) is 3. The Morgan fingerprint density at radius 3 is 2.56 bits per heavy atom. The van der Waals surface area contributed by atoms with Crippen molar-refractivity contribution < 1.29 is 0 Å². The van der Waals surface area contributed by atoms with E-state index in [1.807, 2.05) is 6.07 Å². The zero-order valence-electron chi connectivity index (χ0n) is 16.5. The number of nitrogens with one attached hydrogen (secondary N) is 2. The van der Waals surface area contributed by atoms with Crippen LogP contribution in [0.25, 0.3) is 0 Å². The van der Waals surface area contributed by atoms with E-state index in [9.17, 15) is 0 Å². The van der Waals surface area contributed by atoms with E-state index in [1.165, 1.54) is 31.4 Å². The highest BCUT2D eigenvalue weighted by Crippen LogP contribution is 2.21. The molecule has 1 aliphatic rings. The second-order valence-electron chi connectivity index (χ2n) is 6.89. The Labute approximate surface area is 162 Å². The van der Waals surface area contributed by atoms with Crippen molar-refractivity contribution in [2.24, 2.45) is 0 Å². The quantitative estimate of drug-likeness (QED) is 0.585. The van der Waals surface area contributed by atoms with Crippen LogP contribution in [0.1, 0.15) is 46.0 Å². The molecule has 1 heterocycles. The number of anilines is 4. The van der Waals surface area contributed by atoms with Crippen LogP contribution in [-0.4, -0.2) is 29.6 Å². The van der Waals surface area contributed by atoms with Gasteiger partial charge in [-0.05, 0) is 76.3 Å². The molecule has 0 radical (unpaired) electrons. The molecule has 0 amide bonds. The fraction of sp³-hybridized carbons (Fsp3) is 0.455. The first kappa shape index (κ1) is 19.2. The lowest BCUT2D eigenvalue weighted by Crippen LogP contribution is -2.21. The summed E-state index contributed by atoms with van der Waals surface area (Å²) in [6.45, 7) is 7.27. The van der Waals surface area contributed by atoms with Gasteiger partial charge in [-0.25, -0.2) is 4.98 Å². The van der Waals surface area contributed by atoms with E-state index < -0.39 is 0 Å². The van der Waals surface area contributed by atoms with Crippen LogP contribution in [0, 0.1) is 0 Å².